The van der Waals surface area contributed by atoms with Gasteiger partial charge in [0.05, 0.1) is 19.1 Å². The summed E-state index contributed by atoms with van der Waals surface area (Å²) in [6, 6.07) is 12.3. The summed E-state index contributed by atoms with van der Waals surface area (Å²) >= 11 is 3.41. The zero-order chi connectivity index (χ0) is 21.9. The molecule has 0 radical (unpaired) electrons. The molecule has 1 aliphatic rings. The molecule has 3 rings (SSSR count). The molecule has 2 aromatic carbocycles. The lowest BCUT2D eigenvalue weighted by molar-refractivity contribution is -0.180. The summed E-state index contributed by atoms with van der Waals surface area (Å²) in [7, 11) is 0. The summed E-state index contributed by atoms with van der Waals surface area (Å²) < 4.78 is 17.1. The molecular weight excluding hydrogens is 452 g/mol. The molecule has 7 heteroatoms. The molecule has 0 amide bonds. The summed E-state index contributed by atoms with van der Waals surface area (Å²) in [5, 5.41) is 0. The van der Waals surface area contributed by atoms with Gasteiger partial charge in [-0.1, -0.05) is 45.8 Å². The van der Waals surface area contributed by atoms with Gasteiger partial charge in [-0.3, -0.25) is 4.79 Å². The molecule has 0 aliphatic carbocycles. The van der Waals surface area contributed by atoms with Crippen molar-refractivity contribution in [2.45, 2.75) is 38.7 Å². The Morgan fingerprint density at radius 1 is 1.00 bits per heavy atom. The van der Waals surface area contributed by atoms with Crippen LogP contribution in [0.2, 0.25) is 0 Å². The Bertz CT molecular complexity index is 948. The van der Waals surface area contributed by atoms with E-state index in [1.165, 1.54) is 0 Å². The summed E-state index contributed by atoms with van der Waals surface area (Å²) in [5.74, 6) is -2.48. The summed E-state index contributed by atoms with van der Waals surface area (Å²) in [5.41, 5.74) is 0.0178. The fourth-order valence-corrected chi connectivity index (χ4v) is 3.95. The van der Waals surface area contributed by atoms with Gasteiger partial charge in [-0.2, -0.15) is 0 Å². The molecule has 1 aliphatic heterocycles. The lowest BCUT2D eigenvalue weighted by Crippen LogP contribution is -2.55. The quantitative estimate of drug-likeness (QED) is 0.336. The van der Waals surface area contributed by atoms with E-state index in [0.29, 0.717) is 16.9 Å². The van der Waals surface area contributed by atoms with E-state index in [1.54, 1.807) is 44.2 Å². The summed E-state index contributed by atoms with van der Waals surface area (Å²) in [6.45, 7) is 5.33. The second kappa shape index (κ2) is 9.00. The van der Waals surface area contributed by atoms with Crippen molar-refractivity contribution in [2.75, 3.05) is 13.2 Å². The van der Waals surface area contributed by atoms with Crippen LogP contribution in [0.25, 0.3) is 0 Å². The van der Waals surface area contributed by atoms with Gasteiger partial charge in [0.1, 0.15) is 5.75 Å². The largest absolute Gasteiger partial charge is 0.463 e. The van der Waals surface area contributed by atoms with Crippen molar-refractivity contribution in [1.82, 2.24) is 0 Å². The minimum atomic E-state index is -2.07. The normalized spacial score (nSPS) is 16.3. The van der Waals surface area contributed by atoms with E-state index in [-0.39, 0.29) is 25.4 Å². The number of rotatable bonds is 7. The number of hydrogen-bond acceptors (Lipinski definition) is 6. The number of ether oxygens (including phenoxy) is 3. The third-order valence-electron chi connectivity index (χ3n) is 5.03. The fraction of sp³-hybridized carbons (Fsp3) is 0.348. The number of carbonyl (C=O) groups is 3. The zero-order valence-electron chi connectivity index (χ0n) is 17.1. The van der Waals surface area contributed by atoms with Crippen molar-refractivity contribution in [3.05, 3.63) is 63.6 Å². The Hall–Kier alpha value is -2.67. The average Bonchev–Trinajstić information content (AvgIpc) is 3.03. The number of carbonyl (C=O) groups excluding carboxylic acids is 3. The number of Topliss-reactive ketones (excluding diaryl/α,β-unsaturated/α-hetero) is 1. The lowest BCUT2D eigenvalue weighted by atomic mass is 9.79. The predicted molar refractivity (Wildman–Crippen MR) is 114 cm³/mol. The van der Waals surface area contributed by atoms with Gasteiger partial charge >= 0.3 is 17.5 Å². The first-order valence-electron chi connectivity index (χ1n) is 9.76. The minimum absolute atomic E-state index is 0.0576. The van der Waals surface area contributed by atoms with Crippen LogP contribution in [0, 0.1) is 6.92 Å². The SMILES string of the molecule is CCOC(=O)C1(C(=O)OCC)Oc2ccc(Br)cc2C1CC(=O)c1ccc(C)cc1. The average molecular weight is 475 g/mol. The molecule has 0 fully saturated rings. The highest BCUT2D eigenvalue weighted by atomic mass is 79.9. The number of ketones is 1. The minimum Gasteiger partial charge on any atom is -0.463 e. The Labute approximate surface area is 183 Å². The molecule has 0 N–H and O–H groups in total. The van der Waals surface area contributed by atoms with E-state index in [1.807, 2.05) is 19.1 Å². The zero-order valence-corrected chi connectivity index (χ0v) is 18.7. The highest BCUT2D eigenvalue weighted by Crippen LogP contribution is 2.49. The molecule has 0 saturated carbocycles. The van der Waals surface area contributed by atoms with Crippen LogP contribution in [-0.2, 0) is 19.1 Å². The maximum absolute atomic E-state index is 13.1. The molecular formula is C23H23BrO6. The first-order chi connectivity index (χ1) is 14.3. The number of aryl methyl sites for hydroxylation is 1. The van der Waals surface area contributed by atoms with Crippen LogP contribution in [0.1, 0.15) is 47.7 Å². The van der Waals surface area contributed by atoms with Crippen molar-refractivity contribution in [1.29, 1.82) is 0 Å². The first kappa shape index (κ1) is 22.0. The predicted octanol–water partition coefficient (Wildman–Crippen LogP) is 4.37. The van der Waals surface area contributed by atoms with Gasteiger partial charge in [-0.05, 0) is 39.0 Å². The number of esters is 2. The van der Waals surface area contributed by atoms with Gasteiger partial charge in [0.15, 0.2) is 5.78 Å². The van der Waals surface area contributed by atoms with E-state index in [4.69, 9.17) is 14.2 Å². The monoisotopic (exact) mass is 474 g/mol. The van der Waals surface area contributed by atoms with E-state index in [2.05, 4.69) is 15.9 Å². The smallest absolute Gasteiger partial charge is 0.363 e. The highest BCUT2D eigenvalue weighted by Gasteiger charge is 2.63. The Morgan fingerprint density at radius 2 is 1.60 bits per heavy atom. The number of hydrogen-bond donors (Lipinski definition) is 0. The van der Waals surface area contributed by atoms with Crippen LogP contribution in [-0.4, -0.2) is 36.5 Å². The highest BCUT2D eigenvalue weighted by molar-refractivity contribution is 9.10. The lowest BCUT2D eigenvalue weighted by Gasteiger charge is -2.29. The molecule has 158 valence electrons. The van der Waals surface area contributed by atoms with Crippen LogP contribution < -0.4 is 4.74 Å². The molecule has 2 aromatic rings. The van der Waals surface area contributed by atoms with Crippen molar-refractivity contribution in [2.24, 2.45) is 0 Å². The van der Waals surface area contributed by atoms with Gasteiger partial charge in [-0.25, -0.2) is 9.59 Å². The number of fused-ring (bicyclic) bond motifs is 1. The Morgan fingerprint density at radius 3 is 2.17 bits per heavy atom. The Kier molecular flexibility index (Phi) is 6.61. The molecule has 0 bridgehead atoms. The van der Waals surface area contributed by atoms with E-state index in [0.717, 1.165) is 10.0 Å². The maximum atomic E-state index is 13.1. The van der Waals surface area contributed by atoms with Crippen LogP contribution in [0.15, 0.2) is 46.9 Å². The van der Waals surface area contributed by atoms with Gasteiger partial charge in [0.2, 0.25) is 0 Å². The van der Waals surface area contributed by atoms with Crippen LogP contribution >= 0.6 is 15.9 Å². The molecule has 1 unspecified atom stereocenters. The molecule has 0 spiro atoms. The van der Waals surface area contributed by atoms with Crippen LogP contribution in [0.5, 0.6) is 5.75 Å². The molecule has 0 saturated heterocycles. The van der Waals surface area contributed by atoms with E-state index in [9.17, 15) is 14.4 Å². The van der Waals surface area contributed by atoms with Crippen molar-refractivity contribution in [3.8, 4) is 5.75 Å². The second-order valence-corrected chi connectivity index (χ2v) is 7.92. The second-order valence-electron chi connectivity index (χ2n) is 7.01. The van der Waals surface area contributed by atoms with Crippen molar-refractivity contribution in [3.63, 3.8) is 0 Å². The van der Waals surface area contributed by atoms with Crippen molar-refractivity contribution >= 4 is 33.7 Å². The van der Waals surface area contributed by atoms with Crippen molar-refractivity contribution < 1.29 is 28.6 Å². The Balaban J connectivity index is 2.09. The van der Waals surface area contributed by atoms with Gasteiger partial charge in [0, 0.05) is 22.0 Å². The van der Waals surface area contributed by atoms with Gasteiger partial charge in [-0.15, -0.1) is 0 Å². The standard InChI is InChI=1S/C23H23BrO6/c1-4-28-21(26)23(22(27)29-5-2)18(17-12-16(24)10-11-20(17)30-23)13-19(25)15-8-6-14(3)7-9-15/h6-12,18H,4-5,13H2,1-3H3. The molecule has 6 nitrogen and oxygen atoms in total. The molecule has 1 atom stereocenters. The van der Waals surface area contributed by atoms with Crippen LogP contribution in [0.4, 0.5) is 0 Å². The third-order valence-corrected chi connectivity index (χ3v) is 5.52. The molecule has 30 heavy (non-hydrogen) atoms. The summed E-state index contributed by atoms with van der Waals surface area (Å²) in [6.07, 6.45) is -0.121. The first-order valence-corrected chi connectivity index (χ1v) is 10.6. The molecule has 1 heterocycles. The third kappa shape index (κ3) is 3.99. The number of benzene rings is 2. The topological polar surface area (TPSA) is 78.9 Å². The van der Waals surface area contributed by atoms with E-state index < -0.39 is 23.5 Å². The van der Waals surface area contributed by atoms with Crippen LogP contribution in [0.3, 0.4) is 0 Å². The molecule has 0 aromatic heterocycles. The van der Waals surface area contributed by atoms with E-state index >= 15 is 0 Å². The van der Waals surface area contributed by atoms with Gasteiger partial charge < -0.3 is 14.2 Å². The maximum Gasteiger partial charge on any atom is 0.363 e. The fourth-order valence-electron chi connectivity index (χ4n) is 3.57. The number of halogens is 1. The summed E-state index contributed by atoms with van der Waals surface area (Å²) in [4.78, 5) is 39.2. The van der Waals surface area contributed by atoms with Gasteiger partial charge in [0.25, 0.3) is 0 Å².